The van der Waals surface area contributed by atoms with Crippen molar-refractivity contribution < 1.29 is 4.79 Å². The highest BCUT2D eigenvalue weighted by Crippen LogP contribution is 2.27. The molecule has 1 N–H and O–H groups in total. The molecule has 3 aromatic rings. The van der Waals surface area contributed by atoms with Crippen molar-refractivity contribution in [1.29, 1.82) is 0 Å². The van der Waals surface area contributed by atoms with E-state index in [0.717, 1.165) is 54.3 Å². The summed E-state index contributed by atoms with van der Waals surface area (Å²) in [5, 5.41) is 0. The molecule has 0 atom stereocenters. The van der Waals surface area contributed by atoms with Gasteiger partial charge in [0, 0.05) is 48.0 Å². The van der Waals surface area contributed by atoms with Crippen molar-refractivity contribution in [3.63, 3.8) is 0 Å². The number of benzene rings is 3. The molecule has 1 saturated heterocycles. The van der Waals surface area contributed by atoms with Crippen LogP contribution < -0.4 is 9.62 Å². The lowest BCUT2D eigenvalue weighted by atomic mass is 10.1. The molecule has 0 aromatic heterocycles. The smallest absolute Gasteiger partial charge is 0.254 e. The number of carbonyl (C=O) groups excluding carboxylic acids is 1. The Morgan fingerprint density at radius 2 is 1.66 bits per heavy atom. The molecule has 0 bridgehead atoms. The van der Waals surface area contributed by atoms with Gasteiger partial charge in [-0.25, -0.2) is 0 Å². The number of aryl methyl sites for hydroxylation is 3. The molecule has 3 aromatic carbocycles. The van der Waals surface area contributed by atoms with Gasteiger partial charge < -0.3 is 14.5 Å². The maximum atomic E-state index is 13.4. The van der Waals surface area contributed by atoms with Crippen LogP contribution in [0.1, 0.15) is 52.4 Å². The zero-order valence-corrected chi connectivity index (χ0v) is 22.3. The Hall–Kier alpha value is -2.92. The maximum Gasteiger partial charge on any atom is 0.254 e. The van der Waals surface area contributed by atoms with Crippen molar-refractivity contribution in [3.8, 4) is 0 Å². The van der Waals surface area contributed by atoms with E-state index in [1.165, 1.54) is 35.2 Å². The van der Waals surface area contributed by atoms with Gasteiger partial charge in [-0.1, -0.05) is 43.7 Å². The maximum absolute atomic E-state index is 13.4. The predicted octanol–water partition coefficient (Wildman–Crippen LogP) is 7.04. The van der Waals surface area contributed by atoms with E-state index in [4.69, 9.17) is 0 Å². The Balaban J connectivity index is 1.37. The number of carbonyl (C=O) groups is 1. The minimum Gasteiger partial charge on any atom is -0.368 e. The van der Waals surface area contributed by atoms with E-state index in [1.54, 1.807) is 11.9 Å². The first-order chi connectivity index (χ1) is 17.0. The fourth-order valence-corrected chi connectivity index (χ4v) is 5.22. The number of piperazine rings is 1. The lowest BCUT2D eigenvalue weighted by Crippen LogP contribution is -2.49. The van der Waals surface area contributed by atoms with Crippen molar-refractivity contribution in [2.24, 2.45) is 0 Å². The average Bonchev–Trinajstić information content (AvgIpc) is 2.89. The van der Waals surface area contributed by atoms with Gasteiger partial charge >= 0.3 is 0 Å². The minimum atomic E-state index is 0.130. The standard InChI is InChI=1S/C30H37N3OS/c1-5-6-9-25-12-14-26(15-13-25)31-35-27-16-11-23(3)28(21-27)30(34)33-19-17-32(18-20-33)29-10-7-8-22(2)24(29)4/h7-8,10-16,21,31H,5-6,9,17-20H2,1-4H3. The summed E-state index contributed by atoms with van der Waals surface area (Å²) in [6.45, 7) is 11.8. The molecule has 4 rings (SSSR count). The van der Waals surface area contributed by atoms with Gasteiger partial charge in [0.05, 0.1) is 0 Å². The fourth-order valence-electron chi connectivity index (χ4n) is 4.53. The summed E-state index contributed by atoms with van der Waals surface area (Å²) >= 11 is 1.56. The van der Waals surface area contributed by atoms with Crippen LogP contribution in [-0.4, -0.2) is 37.0 Å². The number of hydrogen-bond donors (Lipinski definition) is 1. The number of rotatable bonds is 8. The number of nitrogens with one attached hydrogen (secondary N) is 1. The van der Waals surface area contributed by atoms with Gasteiger partial charge in [0.25, 0.3) is 5.91 Å². The van der Waals surface area contributed by atoms with E-state index >= 15 is 0 Å². The molecule has 0 radical (unpaired) electrons. The van der Waals surface area contributed by atoms with E-state index in [0.29, 0.717) is 0 Å². The van der Waals surface area contributed by atoms with E-state index in [2.05, 4.69) is 85.0 Å². The lowest BCUT2D eigenvalue weighted by molar-refractivity contribution is 0.0745. The third kappa shape index (κ3) is 6.21. The van der Waals surface area contributed by atoms with Gasteiger partial charge in [0.1, 0.15) is 0 Å². The number of anilines is 2. The fraction of sp³-hybridized carbons (Fsp3) is 0.367. The molecule has 1 aliphatic rings. The van der Waals surface area contributed by atoms with Crippen LogP contribution in [0, 0.1) is 20.8 Å². The monoisotopic (exact) mass is 487 g/mol. The summed E-state index contributed by atoms with van der Waals surface area (Å²) < 4.78 is 3.43. The Bertz CT molecular complexity index is 1150. The SMILES string of the molecule is CCCCc1ccc(NSc2ccc(C)c(C(=O)N3CCN(c4cccc(C)c4C)CC3)c2)cc1. The van der Waals surface area contributed by atoms with E-state index < -0.39 is 0 Å². The van der Waals surface area contributed by atoms with Crippen molar-refractivity contribution >= 4 is 29.2 Å². The van der Waals surface area contributed by atoms with Crippen LogP contribution >= 0.6 is 11.9 Å². The van der Waals surface area contributed by atoms with Crippen molar-refractivity contribution in [1.82, 2.24) is 4.90 Å². The molecule has 0 saturated carbocycles. The molecule has 184 valence electrons. The zero-order valence-electron chi connectivity index (χ0n) is 21.4. The Kier molecular flexibility index (Phi) is 8.40. The van der Waals surface area contributed by atoms with Crippen LogP contribution in [0.2, 0.25) is 0 Å². The predicted molar refractivity (Wildman–Crippen MR) is 150 cm³/mol. The quantitative estimate of drug-likeness (QED) is 0.346. The molecule has 0 spiro atoms. The average molecular weight is 488 g/mol. The summed E-state index contributed by atoms with van der Waals surface area (Å²) in [5.41, 5.74) is 8.21. The topological polar surface area (TPSA) is 35.6 Å². The van der Waals surface area contributed by atoms with Gasteiger partial charge in [-0.2, -0.15) is 0 Å². The molecule has 1 fully saturated rings. The van der Waals surface area contributed by atoms with Crippen LogP contribution in [0.25, 0.3) is 0 Å². The first kappa shape index (κ1) is 25.2. The summed E-state index contributed by atoms with van der Waals surface area (Å²) in [6.07, 6.45) is 3.57. The van der Waals surface area contributed by atoms with E-state index in [-0.39, 0.29) is 5.91 Å². The van der Waals surface area contributed by atoms with Crippen molar-refractivity contribution in [2.75, 3.05) is 35.8 Å². The summed E-state index contributed by atoms with van der Waals surface area (Å²) in [4.78, 5) is 18.9. The number of unbranched alkanes of at least 4 members (excludes halogenated alkanes) is 1. The third-order valence-electron chi connectivity index (χ3n) is 6.98. The van der Waals surface area contributed by atoms with Crippen molar-refractivity contribution in [2.45, 2.75) is 51.9 Å². The molecular formula is C30H37N3OS. The molecule has 1 heterocycles. The lowest BCUT2D eigenvalue weighted by Gasteiger charge is -2.37. The second-order valence-electron chi connectivity index (χ2n) is 9.48. The number of hydrogen-bond acceptors (Lipinski definition) is 4. The van der Waals surface area contributed by atoms with Gasteiger partial charge in [0.2, 0.25) is 0 Å². The molecule has 1 amide bonds. The summed E-state index contributed by atoms with van der Waals surface area (Å²) in [6, 6.07) is 21.3. The Morgan fingerprint density at radius 1 is 0.914 bits per heavy atom. The summed E-state index contributed by atoms with van der Waals surface area (Å²) in [5.74, 6) is 0.130. The number of amides is 1. The van der Waals surface area contributed by atoms with Crippen LogP contribution in [0.5, 0.6) is 0 Å². The highest BCUT2D eigenvalue weighted by molar-refractivity contribution is 8.00. The molecule has 5 heteroatoms. The highest BCUT2D eigenvalue weighted by Gasteiger charge is 2.24. The molecule has 0 aliphatic carbocycles. The van der Waals surface area contributed by atoms with Crippen LogP contribution in [0.15, 0.2) is 65.6 Å². The molecule has 4 nitrogen and oxygen atoms in total. The van der Waals surface area contributed by atoms with Crippen molar-refractivity contribution in [3.05, 3.63) is 88.5 Å². The zero-order chi connectivity index (χ0) is 24.8. The normalized spacial score (nSPS) is 13.7. The van der Waals surface area contributed by atoms with Crippen LogP contribution in [-0.2, 0) is 6.42 Å². The first-order valence-corrected chi connectivity index (χ1v) is 13.5. The van der Waals surface area contributed by atoms with Crippen LogP contribution in [0.4, 0.5) is 11.4 Å². The van der Waals surface area contributed by atoms with Gasteiger partial charge in [0.15, 0.2) is 0 Å². The highest BCUT2D eigenvalue weighted by atomic mass is 32.2. The molecule has 0 unspecified atom stereocenters. The summed E-state index contributed by atoms with van der Waals surface area (Å²) in [7, 11) is 0. The van der Waals surface area contributed by atoms with E-state index in [1.807, 2.05) is 17.9 Å². The molecule has 1 aliphatic heterocycles. The van der Waals surface area contributed by atoms with Gasteiger partial charge in [-0.3, -0.25) is 4.79 Å². The number of nitrogens with zero attached hydrogens (tertiary/aromatic N) is 2. The second-order valence-corrected chi connectivity index (χ2v) is 10.4. The van der Waals surface area contributed by atoms with E-state index in [9.17, 15) is 4.79 Å². The molecular weight excluding hydrogens is 450 g/mol. The first-order valence-electron chi connectivity index (χ1n) is 12.7. The minimum absolute atomic E-state index is 0.130. The van der Waals surface area contributed by atoms with Crippen LogP contribution in [0.3, 0.4) is 0 Å². The van der Waals surface area contributed by atoms with Gasteiger partial charge in [-0.15, -0.1) is 0 Å². The Morgan fingerprint density at radius 3 is 2.37 bits per heavy atom. The second kappa shape index (κ2) is 11.7. The van der Waals surface area contributed by atoms with Gasteiger partial charge in [-0.05, 0) is 98.1 Å². The Labute approximate surface area is 214 Å². The third-order valence-corrected chi connectivity index (χ3v) is 7.81. The largest absolute Gasteiger partial charge is 0.368 e. The molecule has 35 heavy (non-hydrogen) atoms.